The lowest BCUT2D eigenvalue weighted by atomic mass is 10.1. The van der Waals surface area contributed by atoms with Crippen molar-refractivity contribution in [1.82, 2.24) is 10.2 Å². The summed E-state index contributed by atoms with van der Waals surface area (Å²) < 4.78 is 11.2. The van der Waals surface area contributed by atoms with Gasteiger partial charge in [0.1, 0.15) is 12.4 Å². The van der Waals surface area contributed by atoms with E-state index in [0.717, 1.165) is 31.4 Å². The van der Waals surface area contributed by atoms with Crippen molar-refractivity contribution in [2.45, 2.75) is 20.1 Å². The summed E-state index contributed by atoms with van der Waals surface area (Å²) >= 11 is 0. The van der Waals surface area contributed by atoms with Crippen molar-refractivity contribution in [3.8, 4) is 5.75 Å². The Hall–Kier alpha value is -2.53. The third-order valence-electron chi connectivity index (χ3n) is 3.96. The fourth-order valence-electron chi connectivity index (χ4n) is 2.46. The molecular formula is C21H29N3O2. The monoisotopic (exact) mass is 355 g/mol. The number of hydrogen-bond acceptors (Lipinski definition) is 3. The van der Waals surface area contributed by atoms with Gasteiger partial charge in [-0.05, 0) is 30.2 Å². The van der Waals surface area contributed by atoms with Crippen LogP contribution in [-0.2, 0) is 17.9 Å². The van der Waals surface area contributed by atoms with Gasteiger partial charge in [-0.25, -0.2) is 0 Å². The molecule has 0 bridgehead atoms. The highest BCUT2D eigenvalue weighted by atomic mass is 16.5. The Morgan fingerprint density at radius 3 is 2.38 bits per heavy atom. The van der Waals surface area contributed by atoms with Crippen molar-refractivity contribution < 1.29 is 9.47 Å². The zero-order chi connectivity index (χ0) is 18.6. The minimum Gasteiger partial charge on any atom is -0.492 e. The van der Waals surface area contributed by atoms with Crippen LogP contribution in [0.25, 0.3) is 0 Å². The van der Waals surface area contributed by atoms with E-state index in [4.69, 9.17) is 9.47 Å². The highest BCUT2D eigenvalue weighted by Crippen LogP contribution is 2.08. The average Bonchev–Trinajstić information content (AvgIpc) is 2.68. The number of rotatable bonds is 9. The first-order valence-electron chi connectivity index (χ1n) is 8.98. The van der Waals surface area contributed by atoms with Crippen LogP contribution in [0.1, 0.15) is 18.1 Å². The Labute approximate surface area is 156 Å². The maximum absolute atomic E-state index is 5.74. The van der Waals surface area contributed by atoms with Gasteiger partial charge in [-0.15, -0.1) is 0 Å². The molecule has 2 rings (SSSR count). The largest absolute Gasteiger partial charge is 0.492 e. The number of benzene rings is 2. The number of guanidine groups is 1. The van der Waals surface area contributed by atoms with Crippen LogP contribution in [0.3, 0.4) is 0 Å². The van der Waals surface area contributed by atoms with Crippen LogP contribution in [0, 0.1) is 0 Å². The summed E-state index contributed by atoms with van der Waals surface area (Å²) in [6, 6.07) is 18.3. The fraction of sp³-hybridized carbons (Fsp3) is 0.381. The summed E-state index contributed by atoms with van der Waals surface area (Å²) in [5, 5.41) is 3.39. The number of aliphatic imine (C=N–C) groups is 1. The third kappa shape index (κ3) is 6.76. The van der Waals surface area contributed by atoms with Crippen molar-refractivity contribution in [3.63, 3.8) is 0 Å². The predicted octanol–water partition coefficient (Wildman–Crippen LogP) is 3.31. The van der Waals surface area contributed by atoms with E-state index in [1.54, 1.807) is 7.05 Å². The van der Waals surface area contributed by atoms with Crippen molar-refractivity contribution in [3.05, 3.63) is 65.7 Å². The second kappa shape index (κ2) is 11.2. The molecule has 0 aliphatic rings. The fourth-order valence-corrected chi connectivity index (χ4v) is 2.46. The zero-order valence-electron chi connectivity index (χ0n) is 15.9. The molecule has 140 valence electrons. The summed E-state index contributed by atoms with van der Waals surface area (Å²) in [4.78, 5) is 6.40. The molecule has 0 aliphatic carbocycles. The van der Waals surface area contributed by atoms with Gasteiger partial charge in [-0.3, -0.25) is 4.99 Å². The molecule has 0 spiro atoms. The van der Waals surface area contributed by atoms with E-state index in [1.165, 1.54) is 11.1 Å². The van der Waals surface area contributed by atoms with Crippen LogP contribution < -0.4 is 10.1 Å². The number of nitrogens with zero attached hydrogens (tertiary/aromatic N) is 2. The van der Waals surface area contributed by atoms with E-state index in [2.05, 4.69) is 39.5 Å². The van der Waals surface area contributed by atoms with E-state index < -0.39 is 0 Å². The van der Waals surface area contributed by atoms with Crippen molar-refractivity contribution in [1.29, 1.82) is 0 Å². The Bertz CT molecular complexity index is 657. The summed E-state index contributed by atoms with van der Waals surface area (Å²) in [6.45, 7) is 5.49. The normalized spacial score (nSPS) is 11.3. The summed E-state index contributed by atoms with van der Waals surface area (Å²) in [5.74, 6) is 1.73. The average molecular weight is 355 g/mol. The molecule has 0 aromatic heterocycles. The zero-order valence-corrected chi connectivity index (χ0v) is 15.9. The van der Waals surface area contributed by atoms with Crippen LogP contribution in [0.15, 0.2) is 59.6 Å². The first-order chi connectivity index (χ1) is 12.7. The van der Waals surface area contributed by atoms with E-state index >= 15 is 0 Å². The van der Waals surface area contributed by atoms with Crippen molar-refractivity contribution in [2.24, 2.45) is 4.99 Å². The molecule has 26 heavy (non-hydrogen) atoms. The lowest BCUT2D eigenvalue weighted by Gasteiger charge is -2.22. The van der Waals surface area contributed by atoms with Crippen LogP contribution in [0.2, 0.25) is 0 Å². The Morgan fingerprint density at radius 1 is 1.04 bits per heavy atom. The number of hydrogen-bond donors (Lipinski definition) is 1. The molecule has 0 heterocycles. The van der Waals surface area contributed by atoms with Crippen LogP contribution >= 0.6 is 0 Å². The molecule has 5 heteroatoms. The maximum atomic E-state index is 5.74. The molecule has 0 aliphatic heterocycles. The quantitative estimate of drug-likeness (QED) is 0.554. The molecule has 0 fully saturated rings. The van der Waals surface area contributed by atoms with Gasteiger partial charge < -0.3 is 19.7 Å². The molecule has 5 nitrogen and oxygen atoms in total. The molecule has 0 radical (unpaired) electrons. The van der Waals surface area contributed by atoms with Gasteiger partial charge in [-0.2, -0.15) is 0 Å². The lowest BCUT2D eigenvalue weighted by molar-refractivity contribution is 0.134. The second-order valence-electron chi connectivity index (χ2n) is 5.94. The minimum atomic E-state index is 0.605. The van der Waals surface area contributed by atoms with Gasteiger partial charge in [0, 0.05) is 27.2 Å². The number of likely N-dealkylation sites (N-methyl/N-ethyl adjacent to an activating group) is 1. The van der Waals surface area contributed by atoms with E-state index in [1.807, 2.05) is 44.3 Å². The van der Waals surface area contributed by atoms with Crippen molar-refractivity contribution in [2.75, 3.05) is 33.9 Å². The summed E-state index contributed by atoms with van der Waals surface area (Å²) in [6.07, 6.45) is 0. The van der Waals surface area contributed by atoms with E-state index in [-0.39, 0.29) is 0 Å². The van der Waals surface area contributed by atoms with Gasteiger partial charge in [0.15, 0.2) is 5.96 Å². The van der Waals surface area contributed by atoms with Crippen LogP contribution in [0.4, 0.5) is 0 Å². The van der Waals surface area contributed by atoms with E-state index in [0.29, 0.717) is 13.2 Å². The standard InChI is InChI=1S/C21H29N3O2/c1-4-25-17-19-12-10-18(11-13-19)16-23-21(22-2)24(3)14-15-26-20-8-6-5-7-9-20/h5-13H,4,14-17H2,1-3H3,(H,22,23). The Morgan fingerprint density at radius 2 is 1.73 bits per heavy atom. The number of nitrogens with one attached hydrogen (secondary N) is 1. The number of para-hydroxylation sites is 1. The first-order valence-corrected chi connectivity index (χ1v) is 8.98. The molecule has 0 saturated carbocycles. The Balaban J connectivity index is 1.75. The molecule has 0 amide bonds. The molecule has 2 aromatic rings. The molecule has 1 N–H and O–H groups in total. The Kier molecular flexibility index (Phi) is 8.49. The van der Waals surface area contributed by atoms with Crippen molar-refractivity contribution >= 4 is 5.96 Å². The first kappa shape index (κ1) is 19.8. The topological polar surface area (TPSA) is 46.1 Å². The third-order valence-corrected chi connectivity index (χ3v) is 3.96. The molecule has 0 atom stereocenters. The lowest BCUT2D eigenvalue weighted by Crippen LogP contribution is -2.40. The predicted molar refractivity (Wildman–Crippen MR) is 107 cm³/mol. The number of ether oxygens (including phenoxy) is 2. The highest BCUT2D eigenvalue weighted by Gasteiger charge is 2.06. The molecule has 2 aromatic carbocycles. The van der Waals surface area contributed by atoms with E-state index in [9.17, 15) is 0 Å². The van der Waals surface area contributed by atoms with Crippen LogP contribution in [0.5, 0.6) is 5.75 Å². The van der Waals surface area contributed by atoms with Gasteiger partial charge in [0.25, 0.3) is 0 Å². The minimum absolute atomic E-state index is 0.605. The highest BCUT2D eigenvalue weighted by molar-refractivity contribution is 5.79. The molecule has 0 unspecified atom stereocenters. The SMILES string of the molecule is CCOCc1ccc(CNC(=NC)N(C)CCOc2ccccc2)cc1. The molecular weight excluding hydrogens is 326 g/mol. The summed E-state index contributed by atoms with van der Waals surface area (Å²) in [7, 11) is 3.80. The maximum Gasteiger partial charge on any atom is 0.193 e. The van der Waals surface area contributed by atoms with Crippen LogP contribution in [-0.4, -0.2) is 44.7 Å². The summed E-state index contributed by atoms with van der Waals surface area (Å²) in [5.41, 5.74) is 2.40. The molecule has 0 saturated heterocycles. The smallest absolute Gasteiger partial charge is 0.193 e. The van der Waals surface area contributed by atoms with Gasteiger partial charge in [0.05, 0.1) is 13.2 Å². The van der Waals surface area contributed by atoms with Gasteiger partial charge in [0.2, 0.25) is 0 Å². The van der Waals surface area contributed by atoms with Gasteiger partial charge in [-0.1, -0.05) is 42.5 Å². The van der Waals surface area contributed by atoms with Gasteiger partial charge >= 0.3 is 0 Å². The second-order valence-corrected chi connectivity index (χ2v) is 5.94.